The largest absolute Gasteiger partial charge is 0.372 e. The van der Waals surface area contributed by atoms with Crippen LogP contribution in [-0.2, 0) is 10.3 Å². The van der Waals surface area contributed by atoms with Crippen molar-refractivity contribution in [3.8, 4) is 0 Å². The van der Waals surface area contributed by atoms with Gasteiger partial charge in [0.1, 0.15) is 5.60 Å². The molecular formula is C18H24BrNOS. The first kappa shape index (κ1) is 14.4. The van der Waals surface area contributed by atoms with Crippen LogP contribution in [0.4, 0.5) is 0 Å². The highest BCUT2D eigenvalue weighted by Crippen LogP contribution is 2.63. The number of hydrogen-bond donors (Lipinski definition) is 0. The van der Waals surface area contributed by atoms with E-state index in [1.165, 1.54) is 60.3 Å². The molecule has 120 valence electrons. The van der Waals surface area contributed by atoms with Gasteiger partial charge in [0.05, 0.1) is 3.79 Å². The Morgan fingerprint density at radius 2 is 1.86 bits per heavy atom. The molecule has 4 bridgehead atoms. The van der Waals surface area contributed by atoms with Crippen LogP contribution < -0.4 is 0 Å². The Labute approximate surface area is 145 Å². The normalized spacial score (nSPS) is 46.9. The molecule has 1 saturated heterocycles. The molecule has 0 spiro atoms. The van der Waals surface area contributed by atoms with Crippen LogP contribution in [-0.4, -0.2) is 30.6 Å². The molecule has 0 N–H and O–H groups in total. The zero-order chi connectivity index (χ0) is 14.9. The van der Waals surface area contributed by atoms with Gasteiger partial charge in [0.25, 0.3) is 0 Å². The number of halogens is 1. The maximum atomic E-state index is 6.33. The average Bonchev–Trinajstić information content (AvgIpc) is 2.81. The molecule has 2 nitrogen and oxygen atoms in total. The molecular weight excluding hydrogens is 358 g/mol. The minimum atomic E-state index is -0.0189. The molecule has 1 unspecified atom stereocenters. The summed E-state index contributed by atoms with van der Waals surface area (Å²) in [5.74, 6) is 2.41. The summed E-state index contributed by atoms with van der Waals surface area (Å²) in [6.07, 6.45) is 8.49. The molecule has 0 amide bonds. The van der Waals surface area contributed by atoms with Crippen molar-refractivity contribution in [2.75, 3.05) is 20.2 Å². The summed E-state index contributed by atoms with van der Waals surface area (Å²) in [7, 11) is 1.95. The van der Waals surface area contributed by atoms with E-state index in [1.807, 2.05) is 18.4 Å². The van der Waals surface area contributed by atoms with Crippen molar-refractivity contribution in [2.45, 2.75) is 49.7 Å². The first-order valence-electron chi connectivity index (χ1n) is 8.72. The summed E-state index contributed by atoms with van der Waals surface area (Å²) >= 11 is 5.54. The SMILES string of the molecule is COC1(c2ccc(Br)s2)[C@@H]2CCC[C@H]1CN(C13CC(C1)C3)C2. The Morgan fingerprint density at radius 3 is 2.32 bits per heavy atom. The molecule has 1 aromatic rings. The van der Waals surface area contributed by atoms with E-state index in [1.54, 1.807) is 0 Å². The van der Waals surface area contributed by atoms with E-state index in [9.17, 15) is 0 Å². The Morgan fingerprint density at radius 1 is 1.18 bits per heavy atom. The van der Waals surface area contributed by atoms with Crippen LogP contribution in [0, 0.1) is 17.8 Å². The van der Waals surface area contributed by atoms with Gasteiger partial charge in [-0.3, -0.25) is 4.90 Å². The maximum Gasteiger partial charge on any atom is 0.110 e. The molecule has 0 aromatic carbocycles. The van der Waals surface area contributed by atoms with Crippen LogP contribution in [0.25, 0.3) is 0 Å². The van der Waals surface area contributed by atoms with E-state index >= 15 is 0 Å². The van der Waals surface area contributed by atoms with Crippen molar-refractivity contribution >= 4 is 27.3 Å². The Bertz CT molecular complexity index is 569. The van der Waals surface area contributed by atoms with Gasteiger partial charge in [0, 0.05) is 42.5 Å². The molecule has 6 rings (SSSR count). The van der Waals surface area contributed by atoms with Crippen molar-refractivity contribution in [1.29, 1.82) is 0 Å². The van der Waals surface area contributed by atoms with Gasteiger partial charge in [-0.25, -0.2) is 0 Å². The number of ether oxygens (including phenoxy) is 1. The lowest BCUT2D eigenvalue weighted by Crippen LogP contribution is -2.73. The number of thiophene rings is 1. The predicted molar refractivity (Wildman–Crippen MR) is 93.2 cm³/mol. The standard InChI is InChI=1S/C18H24BrNOS/c1-21-18(15-5-6-16(19)22-15)13-3-2-4-14(18)11-20(10-13)17-7-12(8-17)9-17/h5-6,12-14H,2-4,7-11H2,1H3/t12?,13-,14+,17?,18?. The van der Waals surface area contributed by atoms with E-state index in [-0.39, 0.29) is 5.60 Å². The Hall–Kier alpha value is 0.1000. The van der Waals surface area contributed by atoms with Crippen molar-refractivity contribution in [1.82, 2.24) is 4.90 Å². The first-order valence-corrected chi connectivity index (χ1v) is 10.3. The summed E-state index contributed by atoms with van der Waals surface area (Å²) in [5.41, 5.74) is 0.601. The maximum absolute atomic E-state index is 6.33. The molecule has 2 heterocycles. The molecule has 4 aliphatic carbocycles. The number of fused-ring (bicyclic) bond motifs is 2. The van der Waals surface area contributed by atoms with E-state index in [0.29, 0.717) is 17.4 Å². The second-order valence-corrected chi connectivity index (χ2v) is 10.5. The number of rotatable bonds is 3. The van der Waals surface area contributed by atoms with Gasteiger partial charge in [0.2, 0.25) is 0 Å². The molecule has 0 radical (unpaired) electrons. The lowest BCUT2D eigenvalue weighted by molar-refractivity contribution is -0.225. The highest BCUT2D eigenvalue weighted by atomic mass is 79.9. The summed E-state index contributed by atoms with van der Waals surface area (Å²) in [6.45, 7) is 2.51. The lowest BCUT2D eigenvalue weighted by atomic mass is 9.48. The van der Waals surface area contributed by atoms with Gasteiger partial charge in [-0.1, -0.05) is 6.42 Å². The summed E-state index contributed by atoms with van der Waals surface area (Å²) in [4.78, 5) is 4.33. The number of piperidine rings is 1. The van der Waals surface area contributed by atoms with Crippen LogP contribution in [0.3, 0.4) is 0 Å². The third-order valence-electron chi connectivity index (χ3n) is 7.17. The minimum absolute atomic E-state index is 0.0189. The Balaban J connectivity index is 1.50. The number of hydrogen-bond acceptors (Lipinski definition) is 3. The van der Waals surface area contributed by atoms with Crippen LogP contribution in [0.2, 0.25) is 0 Å². The van der Waals surface area contributed by atoms with Gasteiger partial charge in [-0.05, 0) is 66.1 Å². The second-order valence-electron chi connectivity index (χ2n) is 8.03. The molecule has 4 heteroatoms. The summed E-state index contributed by atoms with van der Waals surface area (Å²) < 4.78 is 7.57. The van der Waals surface area contributed by atoms with Gasteiger partial charge in [0.15, 0.2) is 0 Å². The lowest BCUT2D eigenvalue weighted by Gasteiger charge is -2.70. The summed E-state index contributed by atoms with van der Waals surface area (Å²) in [5, 5.41) is 0. The van der Waals surface area contributed by atoms with E-state index in [2.05, 4.69) is 33.0 Å². The molecule has 3 atom stereocenters. The zero-order valence-corrected chi connectivity index (χ0v) is 15.6. The fraction of sp³-hybridized carbons (Fsp3) is 0.778. The number of nitrogens with zero attached hydrogens (tertiary/aromatic N) is 1. The minimum Gasteiger partial charge on any atom is -0.372 e. The van der Waals surface area contributed by atoms with Gasteiger partial charge in [-0.2, -0.15) is 0 Å². The highest BCUT2D eigenvalue weighted by Gasteiger charge is 2.64. The Kier molecular flexibility index (Phi) is 3.16. The van der Waals surface area contributed by atoms with E-state index in [0.717, 1.165) is 5.92 Å². The third kappa shape index (κ3) is 1.73. The highest BCUT2D eigenvalue weighted by molar-refractivity contribution is 9.11. The molecule has 4 saturated carbocycles. The quantitative estimate of drug-likeness (QED) is 0.755. The first-order chi connectivity index (χ1) is 10.7. The van der Waals surface area contributed by atoms with Crippen molar-refractivity contribution < 1.29 is 4.74 Å². The molecule has 1 aliphatic heterocycles. The molecule has 22 heavy (non-hydrogen) atoms. The van der Waals surface area contributed by atoms with Gasteiger partial charge >= 0.3 is 0 Å². The third-order valence-corrected chi connectivity index (χ3v) is 8.93. The van der Waals surface area contributed by atoms with Gasteiger partial charge < -0.3 is 4.74 Å². The van der Waals surface area contributed by atoms with E-state index in [4.69, 9.17) is 4.74 Å². The topological polar surface area (TPSA) is 12.5 Å². The van der Waals surface area contributed by atoms with Crippen LogP contribution in [0.1, 0.15) is 43.4 Å². The molecule has 5 fully saturated rings. The smallest absolute Gasteiger partial charge is 0.110 e. The van der Waals surface area contributed by atoms with Crippen molar-refractivity contribution in [3.63, 3.8) is 0 Å². The predicted octanol–water partition coefficient (Wildman–Crippen LogP) is 4.64. The second kappa shape index (κ2) is 4.81. The van der Waals surface area contributed by atoms with E-state index < -0.39 is 0 Å². The fourth-order valence-corrected chi connectivity index (χ4v) is 7.71. The number of methoxy groups -OCH3 is 1. The number of likely N-dealkylation sites (tertiary alicyclic amines) is 1. The van der Waals surface area contributed by atoms with Gasteiger partial charge in [-0.15, -0.1) is 11.3 Å². The average molecular weight is 382 g/mol. The fourth-order valence-electron chi connectivity index (χ4n) is 6.00. The van der Waals surface area contributed by atoms with Crippen LogP contribution in [0.5, 0.6) is 0 Å². The van der Waals surface area contributed by atoms with Crippen molar-refractivity contribution in [3.05, 3.63) is 20.8 Å². The molecule has 1 aromatic heterocycles. The zero-order valence-electron chi connectivity index (χ0n) is 13.2. The van der Waals surface area contributed by atoms with Crippen molar-refractivity contribution in [2.24, 2.45) is 17.8 Å². The molecule has 5 aliphatic rings. The van der Waals surface area contributed by atoms with Crippen LogP contribution >= 0.6 is 27.3 Å². The monoisotopic (exact) mass is 381 g/mol. The summed E-state index contributed by atoms with van der Waals surface area (Å²) in [6, 6.07) is 4.50. The van der Waals surface area contributed by atoms with Crippen LogP contribution in [0.15, 0.2) is 15.9 Å².